The number of hydrogen-bond acceptors (Lipinski definition) is 4. The van der Waals surface area contributed by atoms with E-state index in [0.717, 1.165) is 0 Å². The van der Waals surface area contributed by atoms with E-state index < -0.39 is 0 Å². The van der Waals surface area contributed by atoms with E-state index in [1.807, 2.05) is 0 Å². The summed E-state index contributed by atoms with van der Waals surface area (Å²) in [6.07, 6.45) is 0. The third-order valence-corrected chi connectivity index (χ3v) is 0. The fourth-order valence-corrected chi connectivity index (χ4v) is 0. The maximum atomic E-state index is 0. The van der Waals surface area contributed by atoms with Crippen LogP contribution in [0, 0.1) is 0 Å². The van der Waals surface area contributed by atoms with Gasteiger partial charge in [0.2, 0.25) is 0 Å². The monoisotopic (exact) mass is 365 g/mol. The first-order chi connectivity index (χ1) is 0. The van der Waals surface area contributed by atoms with Gasteiger partial charge in [-0.25, -0.2) is 0 Å². The average Bonchev–Trinajstić information content (AvgIpc) is 0. The Hall–Kier alpha value is 1.35. The molecule has 0 aliphatic rings. The molecule has 0 rings (SSSR count). The quantitative estimate of drug-likeness (QED) is 0.339. The smallest absolute Gasteiger partial charge is 0 e. The molecule has 0 bridgehead atoms. The van der Waals surface area contributed by atoms with E-state index in [2.05, 4.69) is 0 Å². The Labute approximate surface area is 81.6 Å². The third-order valence-electron chi connectivity index (χ3n) is 0. The molecule has 0 aromatic rings. The van der Waals surface area contributed by atoms with Gasteiger partial charge in [-0.1, -0.05) is 0 Å². The van der Waals surface area contributed by atoms with Crippen molar-refractivity contribution in [3.63, 3.8) is 0 Å². The molecule has 0 saturated carbocycles. The predicted molar refractivity (Wildman–Crippen MR) is 20.1 cm³/mol. The molecule has 4 nitrogen and oxygen atoms in total. The maximum absolute atomic E-state index is 0. The minimum atomic E-state index is 0. The van der Waals surface area contributed by atoms with Crippen LogP contribution in [0.4, 0.5) is 0 Å². The van der Waals surface area contributed by atoms with Gasteiger partial charge in [0.05, 0.1) is 0 Å². The summed E-state index contributed by atoms with van der Waals surface area (Å²) < 4.78 is 0. The van der Waals surface area contributed by atoms with Crippen molar-refractivity contribution in [3.8, 4) is 0 Å². The molecule has 64 valence electrons. The fourth-order valence-electron chi connectivity index (χ4n) is 0. The zero-order valence-corrected chi connectivity index (χ0v) is 9.12. The van der Waals surface area contributed by atoms with E-state index in [0.29, 0.717) is 0 Å². The van der Waals surface area contributed by atoms with E-state index in [-0.39, 0.29) is 81.6 Å². The Morgan fingerprint density at radius 3 is 0.375 bits per heavy atom. The summed E-state index contributed by atoms with van der Waals surface area (Å²) in [4.78, 5) is 0. The minimum absolute atomic E-state index is 0. The van der Waals surface area contributed by atoms with Crippen LogP contribution in [0.3, 0.4) is 0 Å². The molecule has 0 saturated heterocycles. The molecular formula is H12Cl3N4Os-3. The molecule has 0 radical (unpaired) electrons. The van der Waals surface area contributed by atoms with Gasteiger partial charge in [-0.15, -0.1) is 0 Å². The van der Waals surface area contributed by atoms with Crippen LogP contribution < -0.4 is 61.8 Å². The van der Waals surface area contributed by atoms with Crippen LogP contribution in [0.2, 0.25) is 0 Å². The van der Waals surface area contributed by atoms with Gasteiger partial charge in [-0.05, 0) is 0 Å². The maximum Gasteiger partial charge on any atom is 0 e. The first-order valence-electron chi connectivity index (χ1n) is 0. The molecule has 12 N–H and O–H groups in total. The zero-order chi connectivity index (χ0) is 0. The van der Waals surface area contributed by atoms with Crippen LogP contribution in [-0.4, -0.2) is 0 Å². The van der Waals surface area contributed by atoms with E-state index in [1.54, 1.807) is 0 Å². The number of hydrogen-bond donors (Lipinski definition) is 4. The molecule has 0 spiro atoms. The van der Waals surface area contributed by atoms with E-state index in [4.69, 9.17) is 0 Å². The molecule has 0 aromatic heterocycles. The summed E-state index contributed by atoms with van der Waals surface area (Å²) in [5.41, 5.74) is 0. The molecular weight excluding hydrogens is 353 g/mol. The van der Waals surface area contributed by atoms with Gasteiger partial charge in [-0.3, -0.25) is 0 Å². The topological polar surface area (TPSA) is 140 Å². The van der Waals surface area contributed by atoms with Crippen molar-refractivity contribution in [2.45, 2.75) is 0 Å². The van der Waals surface area contributed by atoms with Crippen molar-refractivity contribution in [2.24, 2.45) is 0 Å². The second kappa shape index (κ2) is 248. The first-order valence-corrected chi connectivity index (χ1v) is 0. The van der Waals surface area contributed by atoms with Crippen molar-refractivity contribution < 1.29 is 57.0 Å². The molecule has 0 aliphatic heterocycles. The molecule has 0 fully saturated rings. The van der Waals surface area contributed by atoms with Crippen LogP contribution in [0.1, 0.15) is 0 Å². The van der Waals surface area contributed by atoms with Gasteiger partial charge in [0.1, 0.15) is 0 Å². The molecule has 8 heavy (non-hydrogen) atoms. The summed E-state index contributed by atoms with van der Waals surface area (Å²) in [5.74, 6) is 0. The van der Waals surface area contributed by atoms with Crippen molar-refractivity contribution in [1.29, 1.82) is 0 Å². The van der Waals surface area contributed by atoms with Gasteiger partial charge < -0.3 is 61.8 Å². The van der Waals surface area contributed by atoms with Gasteiger partial charge in [-0.2, -0.15) is 0 Å². The Bertz CT molecular complexity index is 11.2. The number of rotatable bonds is 0. The van der Waals surface area contributed by atoms with Crippen LogP contribution >= 0.6 is 0 Å². The van der Waals surface area contributed by atoms with Crippen LogP contribution in [0.25, 0.3) is 0 Å². The van der Waals surface area contributed by atoms with Crippen molar-refractivity contribution >= 4 is 0 Å². The van der Waals surface area contributed by atoms with Crippen molar-refractivity contribution in [1.82, 2.24) is 24.6 Å². The zero-order valence-electron chi connectivity index (χ0n) is 4.32. The fraction of sp³-hybridized carbons (Fsp3) is 0. The van der Waals surface area contributed by atoms with Gasteiger partial charge in [0.25, 0.3) is 0 Å². The van der Waals surface area contributed by atoms with Crippen molar-refractivity contribution in [2.75, 3.05) is 0 Å². The first kappa shape index (κ1) is 359. The molecule has 0 atom stereocenters. The van der Waals surface area contributed by atoms with Crippen LogP contribution in [-0.2, 0) is 19.8 Å². The largest absolute Gasteiger partial charge is 1.00 e. The summed E-state index contributed by atoms with van der Waals surface area (Å²) in [6, 6.07) is 0. The second-order valence-electron chi connectivity index (χ2n) is 0. The molecule has 0 heterocycles. The van der Waals surface area contributed by atoms with Crippen LogP contribution in [0.5, 0.6) is 0 Å². The standard InChI is InChI=1S/3ClH.4H3N.Os/h3*1H;4*1H3;/p-3. The average molecular weight is 365 g/mol. The summed E-state index contributed by atoms with van der Waals surface area (Å²) >= 11 is 0. The Balaban J connectivity index is 0. The molecule has 0 amide bonds. The van der Waals surface area contributed by atoms with Gasteiger partial charge in [0, 0.05) is 19.8 Å². The van der Waals surface area contributed by atoms with E-state index in [1.165, 1.54) is 0 Å². The van der Waals surface area contributed by atoms with Crippen molar-refractivity contribution in [3.05, 3.63) is 0 Å². The summed E-state index contributed by atoms with van der Waals surface area (Å²) in [5, 5.41) is 0. The third kappa shape index (κ3) is 163. The molecule has 0 aliphatic carbocycles. The SMILES string of the molecule is N.N.N.N.[Cl-].[Cl-].[Cl-].[Os]. The molecule has 8 heteroatoms. The number of halogens is 3. The molecule has 0 aromatic carbocycles. The van der Waals surface area contributed by atoms with Gasteiger partial charge >= 0.3 is 0 Å². The van der Waals surface area contributed by atoms with Crippen LogP contribution in [0.15, 0.2) is 0 Å². The second-order valence-corrected chi connectivity index (χ2v) is 0. The Morgan fingerprint density at radius 2 is 0.375 bits per heavy atom. The predicted octanol–water partition coefficient (Wildman–Crippen LogP) is -8.34. The summed E-state index contributed by atoms with van der Waals surface area (Å²) in [7, 11) is 0. The minimum Gasteiger partial charge on any atom is -1.00 e. The van der Waals surface area contributed by atoms with E-state index in [9.17, 15) is 0 Å². The summed E-state index contributed by atoms with van der Waals surface area (Å²) in [6.45, 7) is 0. The Kier molecular flexibility index (Phi) is 11200. The van der Waals surface area contributed by atoms with Gasteiger partial charge in [0.15, 0.2) is 0 Å². The normalized spacial score (nSPS) is 0. The Morgan fingerprint density at radius 1 is 0.375 bits per heavy atom. The van der Waals surface area contributed by atoms with E-state index >= 15 is 0 Å². The molecule has 0 unspecified atom stereocenters.